The van der Waals surface area contributed by atoms with Crippen molar-refractivity contribution < 1.29 is 19.4 Å². The summed E-state index contributed by atoms with van der Waals surface area (Å²) in [6, 6.07) is 6.04. The van der Waals surface area contributed by atoms with E-state index in [2.05, 4.69) is 10.6 Å². The molecule has 1 saturated carbocycles. The molecule has 23 heavy (non-hydrogen) atoms. The lowest BCUT2D eigenvalue weighted by molar-refractivity contribution is 0.0296. The summed E-state index contributed by atoms with van der Waals surface area (Å²) in [7, 11) is 0. The molecule has 5 nitrogen and oxygen atoms in total. The van der Waals surface area contributed by atoms with Gasteiger partial charge in [-0.3, -0.25) is 0 Å². The van der Waals surface area contributed by atoms with Crippen LogP contribution >= 0.6 is 0 Å². The average molecular weight is 324 g/mol. The number of benzene rings is 1. The number of carboxylic acid groups (broad SMARTS) is 1. The van der Waals surface area contributed by atoms with Gasteiger partial charge in [-0.2, -0.15) is 0 Å². The molecule has 6 heteroatoms. The summed E-state index contributed by atoms with van der Waals surface area (Å²) in [6.45, 7) is 3.46. The molecule has 0 aliphatic heterocycles. The number of hydrogen-bond acceptors (Lipinski definition) is 3. The molecule has 128 valence electrons. The largest absolute Gasteiger partial charge is 0.465 e. The van der Waals surface area contributed by atoms with Crippen molar-refractivity contribution in [2.75, 3.05) is 0 Å². The van der Waals surface area contributed by atoms with Gasteiger partial charge in [0.15, 0.2) is 0 Å². The Balaban J connectivity index is 2.00. The van der Waals surface area contributed by atoms with Crippen LogP contribution in [0.15, 0.2) is 24.3 Å². The third kappa shape index (κ3) is 5.18. The number of aliphatic hydroxyl groups is 1. The van der Waals surface area contributed by atoms with E-state index >= 15 is 0 Å². The van der Waals surface area contributed by atoms with Gasteiger partial charge < -0.3 is 20.8 Å². The van der Waals surface area contributed by atoms with Crippen molar-refractivity contribution in [2.24, 2.45) is 0 Å². The van der Waals surface area contributed by atoms with Crippen molar-refractivity contribution in [3.8, 4) is 0 Å². The van der Waals surface area contributed by atoms with Gasteiger partial charge in [-0.25, -0.2) is 9.18 Å². The second kappa shape index (κ2) is 7.27. The molecule has 0 unspecified atom stereocenters. The Hall–Kier alpha value is -1.66. The first-order chi connectivity index (χ1) is 10.8. The van der Waals surface area contributed by atoms with Gasteiger partial charge in [0.2, 0.25) is 0 Å². The molecule has 1 aromatic rings. The van der Waals surface area contributed by atoms with Crippen molar-refractivity contribution in [3.63, 3.8) is 0 Å². The van der Waals surface area contributed by atoms with Crippen LogP contribution in [0.1, 0.15) is 51.1 Å². The van der Waals surface area contributed by atoms with E-state index in [1.165, 1.54) is 12.1 Å². The fourth-order valence-electron chi connectivity index (χ4n) is 3.18. The number of rotatable bonds is 5. The second-order valence-corrected chi connectivity index (χ2v) is 6.80. The van der Waals surface area contributed by atoms with Crippen molar-refractivity contribution in [1.82, 2.24) is 10.6 Å². The summed E-state index contributed by atoms with van der Waals surface area (Å²) in [5.74, 6) is -0.302. The summed E-state index contributed by atoms with van der Waals surface area (Å²) in [5, 5.41) is 25.2. The number of hydrogen-bond donors (Lipinski definition) is 4. The molecular weight excluding hydrogens is 299 g/mol. The minimum atomic E-state index is -0.992. The maximum absolute atomic E-state index is 13.1. The Morgan fingerprint density at radius 2 is 1.70 bits per heavy atom. The molecule has 4 N–H and O–H groups in total. The molecule has 1 aliphatic carbocycles. The van der Waals surface area contributed by atoms with Gasteiger partial charge in [-0.05, 0) is 57.2 Å². The molecule has 0 spiro atoms. The third-order valence-corrected chi connectivity index (χ3v) is 4.37. The number of halogens is 1. The van der Waals surface area contributed by atoms with Gasteiger partial charge in [-0.1, -0.05) is 12.1 Å². The summed E-state index contributed by atoms with van der Waals surface area (Å²) < 4.78 is 13.1. The summed E-state index contributed by atoms with van der Waals surface area (Å²) >= 11 is 0. The van der Waals surface area contributed by atoms with E-state index in [0.29, 0.717) is 0 Å². The normalized spacial score (nSPS) is 23.3. The van der Waals surface area contributed by atoms with Crippen LogP contribution in [0.3, 0.4) is 0 Å². The van der Waals surface area contributed by atoms with Crippen molar-refractivity contribution in [3.05, 3.63) is 35.6 Å². The Bertz CT molecular complexity index is 520. The third-order valence-electron chi connectivity index (χ3n) is 4.37. The molecule has 1 atom stereocenters. The van der Waals surface area contributed by atoms with Gasteiger partial charge in [0, 0.05) is 12.1 Å². The van der Waals surface area contributed by atoms with Crippen LogP contribution in [0.25, 0.3) is 0 Å². The van der Waals surface area contributed by atoms with Gasteiger partial charge in [-0.15, -0.1) is 0 Å². The Labute approximate surface area is 135 Å². The number of carbonyl (C=O) groups is 1. The van der Waals surface area contributed by atoms with Gasteiger partial charge in [0.25, 0.3) is 0 Å². The van der Waals surface area contributed by atoms with E-state index in [1.807, 2.05) is 0 Å². The van der Waals surface area contributed by atoms with Crippen LogP contribution in [0, 0.1) is 5.82 Å². The molecule has 2 rings (SSSR count). The molecule has 0 heterocycles. The highest BCUT2D eigenvalue weighted by atomic mass is 19.1. The van der Waals surface area contributed by atoms with Crippen LogP contribution in [0.5, 0.6) is 0 Å². The maximum atomic E-state index is 13.1. The molecule has 1 aromatic carbocycles. The van der Waals surface area contributed by atoms with E-state index in [4.69, 9.17) is 5.11 Å². The van der Waals surface area contributed by atoms with Crippen molar-refractivity contribution >= 4 is 6.09 Å². The number of amides is 1. The van der Waals surface area contributed by atoms with Crippen LogP contribution in [0.2, 0.25) is 0 Å². The average Bonchev–Trinajstić information content (AvgIpc) is 2.46. The van der Waals surface area contributed by atoms with Crippen LogP contribution < -0.4 is 10.6 Å². The fraction of sp³-hybridized carbons (Fsp3) is 0.588. The van der Waals surface area contributed by atoms with Crippen molar-refractivity contribution in [2.45, 2.75) is 63.3 Å². The maximum Gasteiger partial charge on any atom is 0.404 e. The molecule has 0 radical (unpaired) electrons. The standard InChI is InChI=1S/C17H25FN2O3/c1-17(2,23)15(11-3-5-12(18)6-4-11)19-13-7-9-14(10-8-13)20-16(21)22/h3-6,13-15,19-20,23H,7-10H2,1-2H3,(H,21,22)/t13-,14-,15-/m0/s1. The first kappa shape index (κ1) is 17.7. The zero-order valence-corrected chi connectivity index (χ0v) is 13.6. The summed E-state index contributed by atoms with van der Waals surface area (Å²) in [6.07, 6.45) is 2.22. The quantitative estimate of drug-likeness (QED) is 0.671. The Morgan fingerprint density at radius 3 is 2.17 bits per heavy atom. The molecule has 0 saturated heterocycles. The zero-order valence-electron chi connectivity index (χ0n) is 13.6. The van der Waals surface area contributed by atoms with E-state index < -0.39 is 11.7 Å². The van der Waals surface area contributed by atoms with E-state index in [9.17, 15) is 14.3 Å². The molecule has 0 bridgehead atoms. The predicted octanol–water partition coefficient (Wildman–Crippen LogP) is 2.81. The lowest BCUT2D eigenvalue weighted by atomic mass is 9.87. The first-order valence-corrected chi connectivity index (χ1v) is 7.99. The predicted molar refractivity (Wildman–Crippen MR) is 85.8 cm³/mol. The van der Waals surface area contributed by atoms with E-state index in [0.717, 1.165) is 31.2 Å². The number of nitrogens with one attached hydrogen (secondary N) is 2. The van der Waals surface area contributed by atoms with Gasteiger partial charge in [0.05, 0.1) is 11.6 Å². The smallest absolute Gasteiger partial charge is 0.404 e. The highest BCUT2D eigenvalue weighted by Gasteiger charge is 2.32. The Morgan fingerprint density at radius 1 is 1.17 bits per heavy atom. The lowest BCUT2D eigenvalue weighted by Gasteiger charge is -2.37. The fourth-order valence-corrected chi connectivity index (χ4v) is 3.18. The molecule has 1 fully saturated rings. The second-order valence-electron chi connectivity index (χ2n) is 6.80. The van der Waals surface area contributed by atoms with E-state index in [1.54, 1.807) is 26.0 Å². The van der Waals surface area contributed by atoms with Gasteiger partial charge in [0.1, 0.15) is 5.82 Å². The molecule has 0 aromatic heterocycles. The summed E-state index contributed by atoms with van der Waals surface area (Å²) in [5.41, 5.74) is -0.154. The minimum Gasteiger partial charge on any atom is -0.465 e. The van der Waals surface area contributed by atoms with Crippen LogP contribution in [-0.4, -0.2) is 34.0 Å². The summed E-state index contributed by atoms with van der Waals surface area (Å²) in [4.78, 5) is 10.7. The Kier molecular flexibility index (Phi) is 5.59. The molecule has 1 amide bonds. The molecular formula is C17H25FN2O3. The first-order valence-electron chi connectivity index (χ1n) is 7.99. The van der Waals surface area contributed by atoms with Crippen molar-refractivity contribution in [1.29, 1.82) is 0 Å². The van der Waals surface area contributed by atoms with Crippen LogP contribution in [0.4, 0.5) is 9.18 Å². The highest BCUT2D eigenvalue weighted by molar-refractivity contribution is 5.64. The van der Waals surface area contributed by atoms with E-state index in [-0.39, 0.29) is 23.9 Å². The zero-order chi connectivity index (χ0) is 17.0. The molecule has 1 aliphatic rings. The topological polar surface area (TPSA) is 81.6 Å². The van der Waals surface area contributed by atoms with Crippen LogP contribution in [-0.2, 0) is 0 Å². The highest BCUT2D eigenvalue weighted by Crippen LogP contribution is 2.29. The lowest BCUT2D eigenvalue weighted by Crippen LogP contribution is -2.47. The monoisotopic (exact) mass is 324 g/mol. The minimum absolute atomic E-state index is 0.00282. The van der Waals surface area contributed by atoms with Gasteiger partial charge >= 0.3 is 6.09 Å². The SMILES string of the molecule is CC(C)(O)[C@@H](N[C@H]1CC[C@H](NC(=O)O)CC1)c1ccc(F)cc1.